The minimum atomic E-state index is -0.413. The number of hydrogen-bond acceptors (Lipinski definition) is 8. The zero-order valence-corrected chi connectivity index (χ0v) is 19.9. The van der Waals surface area contributed by atoms with Crippen LogP contribution in [0.4, 0.5) is 17.3 Å². The van der Waals surface area contributed by atoms with Crippen LogP contribution in [0.3, 0.4) is 0 Å². The third-order valence-corrected chi connectivity index (χ3v) is 6.06. The molecular formula is C21H26ClN5O3S. The number of aromatic hydroxyl groups is 1. The molecule has 3 N–H and O–H groups in total. The van der Waals surface area contributed by atoms with Crippen LogP contribution in [0.25, 0.3) is 0 Å². The van der Waals surface area contributed by atoms with E-state index in [1.165, 1.54) is 15.8 Å². The lowest BCUT2D eigenvalue weighted by Crippen LogP contribution is -2.25. The van der Waals surface area contributed by atoms with Crippen molar-refractivity contribution in [3.05, 3.63) is 44.6 Å². The van der Waals surface area contributed by atoms with E-state index < -0.39 is 5.91 Å². The van der Waals surface area contributed by atoms with Crippen molar-refractivity contribution in [1.29, 1.82) is 0 Å². The Hall–Kier alpha value is -2.78. The number of thiophene rings is 1. The number of anilines is 3. The van der Waals surface area contributed by atoms with Crippen LogP contribution in [0.15, 0.2) is 28.9 Å². The maximum atomic E-state index is 12.4. The number of phenols is 1. The second kappa shape index (κ2) is 8.76. The number of benzene rings is 1. The fourth-order valence-corrected chi connectivity index (χ4v) is 4.45. The summed E-state index contributed by atoms with van der Waals surface area (Å²) in [6.07, 6.45) is 0. The van der Waals surface area contributed by atoms with Crippen molar-refractivity contribution in [2.75, 3.05) is 24.7 Å². The number of hydrogen-bond donors (Lipinski definition) is 3. The van der Waals surface area contributed by atoms with Gasteiger partial charge in [-0.25, -0.2) is 4.63 Å². The number of rotatable bonds is 6. The van der Waals surface area contributed by atoms with Crippen molar-refractivity contribution in [3.63, 3.8) is 0 Å². The number of carbonyl (C=O) groups excluding carboxylic acids is 1. The Morgan fingerprint density at radius 1 is 1.19 bits per heavy atom. The molecule has 3 rings (SSSR count). The molecule has 0 fully saturated rings. The number of aryl methyl sites for hydroxylation is 1. The minimum absolute atomic E-state index is 0.00394. The smallest absolute Gasteiger partial charge is 0.258 e. The van der Waals surface area contributed by atoms with Crippen molar-refractivity contribution in [3.8, 4) is 5.75 Å². The predicted octanol–water partition coefficient (Wildman–Crippen LogP) is 5.44. The monoisotopic (exact) mass is 463 g/mol. The van der Waals surface area contributed by atoms with Crippen LogP contribution in [0.5, 0.6) is 5.75 Å². The summed E-state index contributed by atoms with van der Waals surface area (Å²) in [6, 6.07) is 7.21. The third-order valence-electron chi connectivity index (χ3n) is 4.68. The molecule has 0 saturated carbocycles. The van der Waals surface area contributed by atoms with Gasteiger partial charge in [-0.05, 0) is 46.9 Å². The summed E-state index contributed by atoms with van der Waals surface area (Å²) in [6.45, 7) is 8.45. The summed E-state index contributed by atoms with van der Waals surface area (Å²) in [5.74, 6) is -0.0192. The molecule has 2 aromatic heterocycles. The molecule has 0 aliphatic rings. The highest BCUT2D eigenvalue weighted by atomic mass is 35.5. The van der Waals surface area contributed by atoms with Crippen LogP contribution >= 0.6 is 22.9 Å². The van der Waals surface area contributed by atoms with E-state index in [2.05, 4.69) is 60.8 Å². The first kappa shape index (κ1) is 22.9. The number of phenolic OH excluding ortho intramolecular Hbond substituents is 1. The van der Waals surface area contributed by atoms with Gasteiger partial charge >= 0.3 is 0 Å². The molecule has 3 aromatic rings. The molecule has 0 saturated heterocycles. The highest BCUT2D eigenvalue weighted by Gasteiger charge is 2.30. The second-order valence-electron chi connectivity index (χ2n) is 8.50. The Morgan fingerprint density at radius 2 is 1.87 bits per heavy atom. The van der Waals surface area contributed by atoms with Crippen molar-refractivity contribution in [1.82, 2.24) is 15.2 Å². The fourth-order valence-electron chi connectivity index (χ4n) is 3.05. The Labute approximate surface area is 190 Å². The van der Waals surface area contributed by atoms with E-state index in [1.807, 2.05) is 0 Å². The van der Waals surface area contributed by atoms with Crippen molar-refractivity contribution in [2.45, 2.75) is 33.7 Å². The second-order valence-corrected chi connectivity index (χ2v) is 10.2. The third kappa shape index (κ3) is 4.94. The van der Waals surface area contributed by atoms with E-state index in [1.54, 1.807) is 31.5 Å². The van der Waals surface area contributed by atoms with Gasteiger partial charge in [0.05, 0.1) is 16.8 Å². The average Bonchev–Trinajstić information content (AvgIpc) is 3.29. The largest absolute Gasteiger partial charge is 0.505 e. The van der Waals surface area contributed by atoms with E-state index in [9.17, 15) is 9.90 Å². The summed E-state index contributed by atoms with van der Waals surface area (Å²) in [5, 5.41) is 25.1. The Morgan fingerprint density at radius 3 is 2.45 bits per heavy atom. The number of aromatic nitrogens is 2. The lowest BCUT2D eigenvalue weighted by molar-refractivity contribution is 0.0825. The molecule has 10 heteroatoms. The summed E-state index contributed by atoms with van der Waals surface area (Å²) >= 11 is 7.86. The molecule has 1 aromatic carbocycles. The maximum absolute atomic E-state index is 12.4. The number of carbonyl (C=O) groups is 1. The van der Waals surface area contributed by atoms with E-state index in [4.69, 9.17) is 16.2 Å². The van der Waals surface area contributed by atoms with Gasteiger partial charge in [-0.2, -0.15) is 0 Å². The van der Waals surface area contributed by atoms with Crippen LogP contribution in [0.1, 0.15) is 46.9 Å². The summed E-state index contributed by atoms with van der Waals surface area (Å²) < 4.78 is 4.95. The molecule has 0 spiro atoms. The Balaban J connectivity index is 1.92. The molecule has 2 heterocycles. The molecule has 31 heavy (non-hydrogen) atoms. The van der Waals surface area contributed by atoms with E-state index in [-0.39, 0.29) is 39.3 Å². The van der Waals surface area contributed by atoms with E-state index in [0.29, 0.717) is 5.82 Å². The summed E-state index contributed by atoms with van der Waals surface area (Å²) in [7, 11) is 3.17. The first-order valence-corrected chi connectivity index (χ1v) is 10.8. The first-order chi connectivity index (χ1) is 14.5. The molecule has 0 bridgehead atoms. The van der Waals surface area contributed by atoms with Crippen LogP contribution < -0.4 is 10.6 Å². The quantitative estimate of drug-likeness (QED) is 0.418. The standard InChI is InChI=1S/C21H26ClN5O3S/c1-11-7-10-14(31-11)17(21(2,3)4)24-19-18(25-30-26-19)23-13-9-8-12(22)15(16(13)28)20(29)27(5)6/h7-10,17,28H,1-6H3,(H,23,25)(H,24,26)/t17-/m0/s1. The maximum Gasteiger partial charge on any atom is 0.258 e. The van der Waals surface area contributed by atoms with Gasteiger partial charge < -0.3 is 20.6 Å². The Bertz CT molecular complexity index is 1090. The number of amides is 1. The highest BCUT2D eigenvalue weighted by molar-refractivity contribution is 7.12. The minimum Gasteiger partial charge on any atom is -0.505 e. The molecule has 0 aliphatic carbocycles. The molecule has 8 nitrogen and oxygen atoms in total. The lowest BCUT2D eigenvalue weighted by Gasteiger charge is -2.30. The average molecular weight is 464 g/mol. The van der Waals surface area contributed by atoms with Crippen molar-refractivity contribution < 1.29 is 14.5 Å². The van der Waals surface area contributed by atoms with Crippen LogP contribution in [-0.2, 0) is 0 Å². The topological polar surface area (TPSA) is 104 Å². The molecule has 166 valence electrons. The highest BCUT2D eigenvalue weighted by Crippen LogP contribution is 2.41. The van der Waals surface area contributed by atoms with Gasteiger partial charge in [-0.15, -0.1) is 11.3 Å². The summed E-state index contributed by atoms with van der Waals surface area (Å²) in [4.78, 5) is 16.1. The van der Waals surface area contributed by atoms with E-state index in [0.717, 1.165) is 4.88 Å². The number of nitrogens with one attached hydrogen (secondary N) is 2. The van der Waals surface area contributed by atoms with Gasteiger partial charge in [0.15, 0.2) is 5.75 Å². The van der Waals surface area contributed by atoms with Gasteiger partial charge in [-0.1, -0.05) is 32.4 Å². The molecule has 0 unspecified atom stereocenters. The summed E-state index contributed by atoms with van der Waals surface area (Å²) in [5.41, 5.74) is 0.137. The zero-order chi connectivity index (χ0) is 22.9. The van der Waals surface area contributed by atoms with Gasteiger partial charge in [0, 0.05) is 23.8 Å². The van der Waals surface area contributed by atoms with Gasteiger partial charge in [0.25, 0.3) is 5.91 Å². The van der Waals surface area contributed by atoms with Gasteiger partial charge in [-0.3, -0.25) is 4.79 Å². The van der Waals surface area contributed by atoms with Gasteiger partial charge in [0.2, 0.25) is 11.6 Å². The zero-order valence-electron chi connectivity index (χ0n) is 18.3. The van der Waals surface area contributed by atoms with Gasteiger partial charge in [0.1, 0.15) is 5.56 Å². The van der Waals surface area contributed by atoms with Crippen LogP contribution in [-0.4, -0.2) is 40.3 Å². The van der Waals surface area contributed by atoms with Crippen LogP contribution in [0, 0.1) is 12.3 Å². The number of halogens is 1. The molecule has 0 aliphatic heterocycles. The SMILES string of the molecule is Cc1ccc([C@H](Nc2nonc2Nc2ccc(Cl)c(C(=O)N(C)C)c2O)C(C)(C)C)s1. The molecule has 1 atom stereocenters. The normalized spacial score (nSPS) is 12.5. The van der Waals surface area contributed by atoms with E-state index >= 15 is 0 Å². The lowest BCUT2D eigenvalue weighted by atomic mass is 9.86. The molecule has 0 radical (unpaired) electrons. The van der Waals surface area contributed by atoms with Crippen LogP contribution in [0.2, 0.25) is 5.02 Å². The van der Waals surface area contributed by atoms with Crippen molar-refractivity contribution in [2.24, 2.45) is 5.41 Å². The number of nitrogens with zero attached hydrogens (tertiary/aromatic N) is 3. The fraction of sp³-hybridized carbons (Fsp3) is 0.381. The molecule has 1 amide bonds. The Kier molecular flexibility index (Phi) is 6.47. The molecular weight excluding hydrogens is 438 g/mol. The van der Waals surface area contributed by atoms with Crippen molar-refractivity contribution >= 4 is 46.2 Å². The first-order valence-electron chi connectivity index (χ1n) is 9.64. The predicted molar refractivity (Wildman–Crippen MR) is 124 cm³/mol.